The third-order valence-electron chi connectivity index (χ3n) is 3.93. The van der Waals surface area contributed by atoms with Crippen LogP contribution in [0, 0.1) is 0 Å². The number of nitrogens with one attached hydrogen (secondary N) is 3. The summed E-state index contributed by atoms with van der Waals surface area (Å²) in [5.74, 6) is -0.274. The number of ether oxygens (including phenoxy) is 1. The maximum absolute atomic E-state index is 12.2. The second-order valence-corrected chi connectivity index (χ2v) is 7.53. The first kappa shape index (κ1) is 22.8. The van der Waals surface area contributed by atoms with Crippen LogP contribution in [-0.2, 0) is 14.8 Å². The standard InChI is InChI=1S/C16H26N4O4S.ClH/c1-24-12-8-19-25(22,23)15-4-2-3-14(13-15)16(21)18-7-11-20-9-5-17-6-10-20;/h2-4,13,17,19H,5-12H2,1H3,(H,18,21);1H. The Bertz CT molecular complexity index is 666. The molecule has 2 rings (SSSR count). The number of amides is 1. The van der Waals surface area contributed by atoms with Crippen molar-refractivity contribution in [2.75, 3.05) is 59.5 Å². The molecule has 0 bridgehead atoms. The summed E-state index contributed by atoms with van der Waals surface area (Å²) in [6.45, 7) is 5.64. The van der Waals surface area contributed by atoms with Gasteiger partial charge >= 0.3 is 0 Å². The molecule has 1 fully saturated rings. The number of hydrogen-bond donors (Lipinski definition) is 3. The minimum absolute atomic E-state index is 0. The molecule has 1 saturated heterocycles. The number of halogens is 1. The number of rotatable bonds is 9. The highest BCUT2D eigenvalue weighted by molar-refractivity contribution is 7.89. The first-order valence-corrected chi connectivity index (χ1v) is 9.81. The number of carbonyl (C=O) groups is 1. The van der Waals surface area contributed by atoms with Crippen LogP contribution >= 0.6 is 12.4 Å². The zero-order chi connectivity index (χ0) is 18.1. The Balaban J connectivity index is 0.00000338. The van der Waals surface area contributed by atoms with E-state index in [0.717, 1.165) is 32.7 Å². The van der Waals surface area contributed by atoms with Gasteiger partial charge in [-0.15, -0.1) is 12.4 Å². The lowest BCUT2D eigenvalue weighted by Crippen LogP contribution is -2.46. The molecule has 0 radical (unpaired) electrons. The lowest BCUT2D eigenvalue weighted by atomic mass is 10.2. The van der Waals surface area contributed by atoms with Crippen molar-refractivity contribution < 1.29 is 17.9 Å². The van der Waals surface area contributed by atoms with Crippen LogP contribution in [0.2, 0.25) is 0 Å². The molecule has 0 atom stereocenters. The molecular formula is C16H27ClN4O4S. The fourth-order valence-electron chi connectivity index (χ4n) is 2.53. The number of hydrogen-bond acceptors (Lipinski definition) is 6. The van der Waals surface area contributed by atoms with Gasteiger partial charge in [-0.05, 0) is 18.2 Å². The molecule has 8 nitrogen and oxygen atoms in total. The number of methoxy groups -OCH3 is 1. The van der Waals surface area contributed by atoms with E-state index in [1.807, 2.05) is 0 Å². The molecule has 3 N–H and O–H groups in total. The average molecular weight is 407 g/mol. The van der Waals surface area contributed by atoms with Gasteiger partial charge in [0, 0.05) is 58.5 Å². The summed E-state index contributed by atoms with van der Waals surface area (Å²) >= 11 is 0. The Morgan fingerprint density at radius 1 is 1.27 bits per heavy atom. The molecule has 0 saturated carbocycles. The Hall–Kier alpha value is -1.23. The lowest BCUT2D eigenvalue weighted by Gasteiger charge is -2.27. The molecule has 0 aliphatic carbocycles. The molecule has 26 heavy (non-hydrogen) atoms. The van der Waals surface area contributed by atoms with E-state index in [-0.39, 0.29) is 36.4 Å². The molecule has 0 spiro atoms. The molecule has 0 unspecified atom stereocenters. The summed E-state index contributed by atoms with van der Waals surface area (Å²) in [6.07, 6.45) is 0. The fourth-order valence-corrected chi connectivity index (χ4v) is 3.59. The average Bonchev–Trinajstić information content (AvgIpc) is 2.63. The second kappa shape index (κ2) is 11.5. The summed E-state index contributed by atoms with van der Waals surface area (Å²) in [5, 5.41) is 6.12. The number of benzene rings is 1. The zero-order valence-electron chi connectivity index (χ0n) is 14.9. The lowest BCUT2D eigenvalue weighted by molar-refractivity contribution is 0.0947. The molecular weight excluding hydrogens is 380 g/mol. The Morgan fingerprint density at radius 2 is 2.00 bits per heavy atom. The molecule has 1 amide bonds. The summed E-state index contributed by atoms with van der Waals surface area (Å²) in [6, 6.07) is 6.02. The first-order chi connectivity index (χ1) is 12.0. The van der Waals surface area contributed by atoms with Gasteiger partial charge in [0.05, 0.1) is 11.5 Å². The molecule has 1 aromatic rings. The molecule has 1 heterocycles. The van der Waals surface area contributed by atoms with Crippen LogP contribution in [0.5, 0.6) is 0 Å². The molecule has 10 heteroatoms. The van der Waals surface area contributed by atoms with Gasteiger partial charge < -0.3 is 15.4 Å². The molecule has 148 valence electrons. The van der Waals surface area contributed by atoms with E-state index < -0.39 is 10.0 Å². The fraction of sp³-hybridized carbons (Fsp3) is 0.562. The van der Waals surface area contributed by atoms with E-state index in [1.165, 1.54) is 19.2 Å². The van der Waals surface area contributed by atoms with Gasteiger partial charge in [0.2, 0.25) is 10.0 Å². The van der Waals surface area contributed by atoms with Crippen molar-refractivity contribution in [2.45, 2.75) is 4.90 Å². The van der Waals surface area contributed by atoms with E-state index in [2.05, 4.69) is 20.3 Å². The van der Waals surface area contributed by atoms with Crippen LogP contribution in [0.15, 0.2) is 29.2 Å². The Labute approximate surface area is 161 Å². The van der Waals surface area contributed by atoms with Crippen LogP contribution in [-0.4, -0.2) is 78.8 Å². The van der Waals surface area contributed by atoms with Gasteiger partial charge in [0.1, 0.15) is 0 Å². The van der Waals surface area contributed by atoms with Gasteiger partial charge in [0.25, 0.3) is 5.91 Å². The van der Waals surface area contributed by atoms with E-state index in [4.69, 9.17) is 4.74 Å². The maximum Gasteiger partial charge on any atom is 0.251 e. The van der Waals surface area contributed by atoms with Crippen molar-refractivity contribution in [3.05, 3.63) is 29.8 Å². The van der Waals surface area contributed by atoms with Crippen molar-refractivity contribution in [2.24, 2.45) is 0 Å². The largest absolute Gasteiger partial charge is 0.383 e. The van der Waals surface area contributed by atoms with Crippen LogP contribution in [0.3, 0.4) is 0 Å². The monoisotopic (exact) mass is 406 g/mol. The molecule has 1 aliphatic rings. The van der Waals surface area contributed by atoms with E-state index >= 15 is 0 Å². The van der Waals surface area contributed by atoms with Gasteiger partial charge in [-0.2, -0.15) is 0 Å². The summed E-state index contributed by atoms with van der Waals surface area (Å²) in [4.78, 5) is 14.6. The molecule has 1 aliphatic heterocycles. The van der Waals surface area contributed by atoms with Crippen LogP contribution in [0.4, 0.5) is 0 Å². The van der Waals surface area contributed by atoms with Crippen molar-refractivity contribution in [3.63, 3.8) is 0 Å². The van der Waals surface area contributed by atoms with Crippen molar-refractivity contribution in [1.82, 2.24) is 20.3 Å². The number of nitrogens with zero attached hydrogens (tertiary/aromatic N) is 1. The third kappa shape index (κ3) is 7.18. The molecule has 1 aromatic carbocycles. The molecule has 0 aromatic heterocycles. The third-order valence-corrected chi connectivity index (χ3v) is 5.39. The van der Waals surface area contributed by atoms with Crippen LogP contribution in [0.1, 0.15) is 10.4 Å². The maximum atomic E-state index is 12.2. The highest BCUT2D eigenvalue weighted by atomic mass is 35.5. The van der Waals surface area contributed by atoms with Gasteiger partial charge in [-0.3, -0.25) is 9.69 Å². The number of carbonyl (C=O) groups excluding carboxylic acids is 1. The Kier molecular flexibility index (Phi) is 10.1. The predicted molar refractivity (Wildman–Crippen MR) is 102 cm³/mol. The van der Waals surface area contributed by atoms with E-state index in [1.54, 1.807) is 12.1 Å². The Morgan fingerprint density at radius 3 is 2.69 bits per heavy atom. The quantitative estimate of drug-likeness (QED) is 0.485. The summed E-state index contributed by atoms with van der Waals surface area (Å²) in [7, 11) is -2.15. The van der Waals surface area contributed by atoms with E-state index in [9.17, 15) is 13.2 Å². The highest BCUT2D eigenvalue weighted by Crippen LogP contribution is 2.11. The van der Waals surface area contributed by atoms with Gasteiger partial charge in [-0.25, -0.2) is 13.1 Å². The first-order valence-electron chi connectivity index (χ1n) is 8.33. The van der Waals surface area contributed by atoms with Crippen molar-refractivity contribution in [1.29, 1.82) is 0 Å². The van der Waals surface area contributed by atoms with Crippen molar-refractivity contribution in [3.8, 4) is 0 Å². The summed E-state index contributed by atoms with van der Waals surface area (Å²) in [5.41, 5.74) is 0.329. The summed E-state index contributed by atoms with van der Waals surface area (Å²) < 4.78 is 31.6. The predicted octanol–water partition coefficient (Wildman–Crippen LogP) is -0.332. The SMILES string of the molecule is COCCNS(=O)(=O)c1cccc(C(=O)NCCN2CCNCC2)c1.Cl. The van der Waals surface area contributed by atoms with Crippen LogP contribution in [0.25, 0.3) is 0 Å². The smallest absolute Gasteiger partial charge is 0.251 e. The normalized spacial score (nSPS) is 15.3. The van der Waals surface area contributed by atoms with Crippen LogP contribution < -0.4 is 15.4 Å². The van der Waals surface area contributed by atoms with E-state index in [0.29, 0.717) is 12.1 Å². The minimum atomic E-state index is -3.65. The minimum Gasteiger partial charge on any atom is -0.383 e. The number of sulfonamides is 1. The van der Waals surface area contributed by atoms with Gasteiger partial charge in [-0.1, -0.05) is 6.07 Å². The topological polar surface area (TPSA) is 99.8 Å². The highest BCUT2D eigenvalue weighted by Gasteiger charge is 2.16. The zero-order valence-corrected chi connectivity index (χ0v) is 16.5. The number of piperazine rings is 1. The van der Waals surface area contributed by atoms with Crippen molar-refractivity contribution >= 4 is 28.3 Å². The van der Waals surface area contributed by atoms with Gasteiger partial charge in [0.15, 0.2) is 0 Å². The second-order valence-electron chi connectivity index (χ2n) is 5.77.